The Morgan fingerprint density at radius 3 is 2.53 bits per heavy atom. The van der Waals surface area contributed by atoms with Crippen molar-refractivity contribution < 1.29 is 14.6 Å². The Kier molecular flexibility index (Phi) is 3.05. The summed E-state index contributed by atoms with van der Waals surface area (Å²) in [5, 5.41) is 8.90. The first-order chi connectivity index (χ1) is 8.22. The SMILES string of the molecule is COc1cc(C(=O)O)ccc1-c1ccncc1. The van der Waals surface area contributed by atoms with Crippen molar-refractivity contribution in [1.82, 2.24) is 4.98 Å². The lowest BCUT2D eigenvalue weighted by atomic mass is 10.0. The standard InChI is InChI=1S/C13H11NO3/c1-17-12-8-10(13(15)16)2-3-11(12)9-4-6-14-7-5-9/h2-8H,1H3,(H,15,16). The number of aromatic nitrogens is 1. The molecule has 0 saturated carbocycles. The number of ether oxygens (including phenoxy) is 1. The van der Waals surface area contributed by atoms with Crippen LogP contribution in [0.4, 0.5) is 0 Å². The number of aromatic carboxylic acids is 1. The van der Waals surface area contributed by atoms with Crippen LogP contribution in [0.3, 0.4) is 0 Å². The fourth-order valence-electron chi connectivity index (χ4n) is 1.59. The van der Waals surface area contributed by atoms with Crippen molar-refractivity contribution in [2.75, 3.05) is 7.11 Å². The van der Waals surface area contributed by atoms with Crippen LogP contribution >= 0.6 is 0 Å². The minimum atomic E-state index is -0.968. The zero-order chi connectivity index (χ0) is 12.3. The van der Waals surface area contributed by atoms with Crippen molar-refractivity contribution >= 4 is 5.97 Å². The van der Waals surface area contributed by atoms with E-state index in [1.807, 2.05) is 12.1 Å². The van der Waals surface area contributed by atoms with E-state index in [0.717, 1.165) is 11.1 Å². The Morgan fingerprint density at radius 1 is 1.24 bits per heavy atom. The first kappa shape index (κ1) is 11.1. The van der Waals surface area contributed by atoms with E-state index >= 15 is 0 Å². The molecular formula is C13H11NO3. The molecule has 0 aliphatic heterocycles. The molecule has 1 aromatic carbocycles. The molecule has 0 spiro atoms. The smallest absolute Gasteiger partial charge is 0.335 e. The maximum Gasteiger partial charge on any atom is 0.335 e. The summed E-state index contributed by atoms with van der Waals surface area (Å²) in [6.45, 7) is 0. The van der Waals surface area contributed by atoms with Gasteiger partial charge in [-0.1, -0.05) is 0 Å². The Labute approximate surface area is 98.5 Å². The van der Waals surface area contributed by atoms with E-state index < -0.39 is 5.97 Å². The summed E-state index contributed by atoms with van der Waals surface area (Å²) in [5.41, 5.74) is 1.99. The van der Waals surface area contributed by atoms with Crippen LogP contribution in [-0.4, -0.2) is 23.2 Å². The van der Waals surface area contributed by atoms with Gasteiger partial charge >= 0.3 is 5.97 Å². The summed E-state index contributed by atoms with van der Waals surface area (Å²) in [6, 6.07) is 8.49. The van der Waals surface area contributed by atoms with Gasteiger partial charge in [-0.15, -0.1) is 0 Å². The minimum Gasteiger partial charge on any atom is -0.496 e. The Hall–Kier alpha value is -2.36. The second kappa shape index (κ2) is 4.65. The number of carbonyl (C=O) groups is 1. The number of methoxy groups -OCH3 is 1. The molecular weight excluding hydrogens is 218 g/mol. The first-order valence-corrected chi connectivity index (χ1v) is 5.04. The van der Waals surface area contributed by atoms with Crippen LogP contribution in [0.5, 0.6) is 5.75 Å². The van der Waals surface area contributed by atoms with Gasteiger partial charge in [-0.25, -0.2) is 4.79 Å². The fourth-order valence-corrected chi connectivity index (χ4v) is 1.59. The molecule has 2 rings (SSSR count). The lowest BCUT2D eigenvalue weighted by molar-refractivity contribution is 0.0696. The molecule has 0 amide bonds. The van der Waals surface area contributed by atoms with Crippen LogP contribution < -0.4 is 4.74 Å². The largest absolute Gasteiger partial charge is 0.496 e. The third-order valence-corrected chi connectivity index (χ3v) is 2.44. The number of nitrogens with zero attached hydrogens (tertiary/aromatic N) is 1. The fraction of sp³-hybridized carbons (Fsp3) is 0.0769. The Bertz CT molecular complexity index is 538. The topological polar surface area (TPSA) is 59.4 Å². The van der Waals surface area contributed by atoms with Gasteiger partial charge < -0.3 is 9.84 Å². The predicted molar refractivity (Wildman–Crippen MR) is 63.2 cm³/mol. The van der Waals surface area contributed by atoms with E-state index in [-0.39, 0.29) is 5.56 Å². The molecule has 1 N–H and O–H groups in total. The maximum absolute atomic E-state index is 10.9. The molecule has 0 unspecified atom stereocenters. The molecule has 0 radical (unpaired) electrons. The van der Waals surface area contributed by atoms with Gasteiger partial charge in [-0.3, -0.25) is 4.98 Å². The van der Waals surface area contributed by atoms with Gasteiger partial charge in [0.15, 0.2) is 0 Å². The summed E-state index contributed by atoms with van der Waals surface area (Å²) in [7, 11) is 1.52. The summed E-state index contributed by atoms with van der Waals surface area (Å²) < 4.78 is 5.21. The molecule has 0 bridgehead atoms. The number of pyridine rings is 1. The highest BCUT2D eigenvalue weighted by atomic mass is 16.5. The number of carboxylic acid groups (broad SMARTS) is 1. The van der Waals surface area contributed by atoms with E-state index in [1.165, 1.54) is 13.2 Å². The third kappa shape index (κ3) is 2.25. The molecule has 4 heteroatoms. The Morgan fingerprint density at radius 2 is 1.94 bits per heavy atom. The summed E-state index contributed by atoms with van der Waals surface area (Å²) in [6.07, 6.45) is 3.36. The van der Waals surface area contributed by atoms with Crippen LogP contribution in [0.15, 0.2) is 42.7 Å². The van der Waals surface area contributed by atoms with E-state index in [0.29, 0.717) is 5.75 Å². The van der Waals surface area contributed by atoms with Crippen LogP contribution in [-0.2, 0) is 0 Å². The average Bonchev–Trinajstić information content (AvgIpc) is 2.39. The quantitative estimate of drug-likeness (QED) is 0.878. The molecule has 86 valence electrons. The van der Waals surface area contributed by atoms with Crippen molar-refractivity contribution in [2.24, 2.45) is 0 Å². The molecule has 1 aromatic heterocycles. The number of carboxylic acids is 1. The highest BCUT2D eigenvalue weighted by molar-refractivity contribution is 5.89. The van der Waals surface area contributed by atoms with E-state index in [1.54, 1.807) is 24.5 Å². The van der Waals surface area contributed by atoms with Gasteiger partial charge in [-0.05, 0) is 35.9 Å². The second-order valence-electron chi connectivity index (χ2n) is 3.46. The van der Waals surface area contributed by atoms with Gasteiger partial charge in [0.05, 0.1) is 12.7 Å². The van der Waals surface area contributed by atoms with Gasteiger partial charge in [-0.2, -0.15) is 0 Å². The molecule has 2 aromatic rings. The summed E-state index contributed by atoms with van der Waals surface area (Å²) in [5.74, 6) is -0.430. The van der Waals surface area contributed by atoms with Crippen molar-refractivity contribution in [3.8, 4) is 16.9 Å². The zero-order valence-electron chi connectivity index (χ0n) is 9.25. The first-order valence-electron chi connectivity index (χ1n) is 5.04. The normalized spacial score (nSPS) is 9.94. The molecule has 17 heavy (non-hydrogen) atoms. The summed E-state index contributed by atoms with van der Waals surface area (Å²) in [4.78, 5) is 14.8. The molecule has 0 aliphatic carbocycles. The number of hydrogen-bond acceptors (Lipinski definition) is 3. The zero-order valence-corrected chi connectivity index (χ0v) is 9.25. The van der Waals surface area contributed by atoms with Gasteiger partial charge in [0.1, 0.15) is 5.75 Å². The molecule has 0 atom stereocenters. The van der Waals surface area contributed by atoms with Crippen LogP contribution in [0.2, 0.25) is 0 Å². The Balaban J connectivity index is 2.52. The maximum atomic E-state index is 10.9. The van der Waals surface area contributed by atoms with Gasteiger partial charge in [0.2, 0.25) is 0 Å². The molecule has 0 aliphatic rings. The third-order valence-electron chi connectivity index (χ3n) is 2.44. The van der Waals surface area contributed by atoms with Crippen LogP contribution in [0, 0.1) is 0 Å². The lowest BCUT2D eigenvalue weighted by Crippen LogP contribution is -1.98. The van der Waals surface area contributed by atoms with Gasteiger partial charge in [0.25, 0.3) is 0 Å². The highest BCUT2D eigenvalue weighted by Crippen LogP contribution is 2.30. The van der Waals surface area contributed by atoms with E-state index in [4.69, 9.17) is 9.84 Å². The lowest BCUT2D eigenvalue weighted by Gasteiger charge is -2.09. The minimum absolute atomic E-state index is 0.208. The molecule has 4 nitrogen and oxygen atoms in total. The van der Waals surface area contributed by atoms with E-state index in [9.17, 15) is 4.79 Å². The number of hydrogen-bond donors (Lipinski definition) is 1. The van der Waals surface area contributed by atoms with Crippen molar-refractivity contribution in [3.05, 3.63) is 48.3 Å². The molecule has 0 saturated heterocycles. The van der Waals surface area contributed by atoms with Crippen molar-refractivity contribution in [1.29, 1.82) is 0 Å². The van der Waals surface area contributed by atoms with Crippen molar-refractivity contribution in [3.63, 3.8) is 0 Å². The average molecular weight is 229 g/mol. The summed E-state index contributed by atoms with van der Waals surface area (Å²) >= 11 is 0. The van der Waals surface area contributed by atoms with E-state index in [2.05, 4.69) is 4.98 Å². The molecule has 1 heterocycles. The monoisotopic (exact) mass is 229 g/mol. The number of rotatable bonds is 3. The highest BCUT2D eigenvalue weighted by Gasteiger charge is 2.10. The van der Waals surface area contributed by atoms with Crippen molar-refractivity contribution in [2.45, 2.75) is 0 Å². The molecule has 0 fully saturated rings. The van der Waals surface area contributed by atoms with Crippen LogP contribution in [0.25, 0.3) is 11.1 Å². The predicted octanol–water partition coefficient (Wildman–Crippen LogP) is 2.46. The second-order valence-corrected chi connectivity index (χ2v) is 3.46. The number of benzene rings is 1. The van der Waals surface area contributed by atoms with Gasteiger partial charge in [0, 0.05) is 18.0 Å². The van der Waals surface area contributed by atoms with Crippen LogP contribution in [0.1, 0.15) is 10.4 Å².